The molecule has 0 spiro atoms. The molecule has 1 fully saturated rings. The van der Waals surface area contributed by atoms with E-state index in [4.69, 9.17) is 23.2 Å². The number of nitriles is 1. The molecule has 0 unspecified atom stereocenters. The Hall–Kier alpha value is -2.94. The fraction of sp³-hybridized carbons (Fsp3) is 0.444. The van der Waals surface area contributed by atoms with Crippen molar-refractivity contribution in [3.8, 4) is 6.07 Å². The maximum atomic E-state index is 15.8. The van der Waals surface area contributed by atoms with E-state index in [0.29, 0.717) is 0 Å². The molecule has 0 aromatic heterocycles. The third-order valence-corrected chi connectivity index (χ3v) is 8.55. The average molecular weight is 607 g/mol. The molecule has 0 bridgehead atoms. The van der Waals surface area contributed by atoms with E-state index >= 15 is 17.6 Å². The van der Waals surface area contributed by atoms with Crippen molar-refractivity contribution in [2.45, 2.75) is 63.6 Å². The Morgan fingerprint density at radius 2 is 1.82 bits per heavy atom. The van der Waals surface area contributed by atoms with Crippen LogP contribution in [0.3, 0.4) is 0 Å². The number of hydrogen-bond acceptors (Lipinski definition) is 5. The molecule has 216 valence electrons. The molecule has 1 aliphatic heterocycles. The number of rotatable bonds is 8. The van der Waals surface area contributed by atoms with Crippen molar-refractivity contribution in [2.24, 2.45) is 11.3 Å². The second-order valence-corrected chi connectivity index (χ2v) is 11.5. The highest BCUT2D eigenvalue weighted by molar-refractivity contribution is 6.31. The molecule has 0 saturated carbocycles. The molecule has 40 heavy (non-hydrogen) atoms. The van der Waals surface area contributed by atoms with Crippen LogP contribution in [0.25, 0.3) is 0 Å². The summed E-state index contributed by atoms with van der Waals surface area (Å²) in [5.41, 5.74) is -4.74. The normalized spacial score (nSPS) is 23.7. The summed E-state index contributed by atoms with van der Waals surface area (Å²) in [6.07, 6.45) is -0.447. The zero-order valence-electron chi connectivity index (χ0n) is 21.7. The molecular weight excluding hydrogens is 582 g/mol. The maximum absolute atomic E-state index is 15.8. The first-order chi connectivity index (χ1) is 18.5. The fourth-order valence-corrected chi connectivity index (χ4v) is 5.70. The van der Waals surface area contributed by atoms with Crippen LogP contribution in [0.4, 0.5) is 22.1 Å². The minimum absolute atomic E-state index is 0.130. The van der Waals surface area contributed by atoms with E-state index in [1.807, 2.05) is 6.07 Å². The molecule has 13 heteroatoms. The Morgan fingerprint density at radius 3 is 2.33 bits per heavy atom. The number of carbonyl (C=O) groups excluding carboxylic acids is 1. The largest absolute Gasteiger partial charge is 0.480 e. The number of alkyl halides is 2. The number of carboxylic acid groups (broad SMARTS) is 1. The van der Waals surface area contributed by atoms with Gasteiger partial charge in [0.15, 0.2) is 0 Å². The summed E-state index contributed by atoms with van der Waals surface area (Å²) in [5, 5.41) is 20.4. The van der Waals surface area contributed by atoms with Crippen LogP contribution in [0.15, 0.2) is 36.4 Å². The summed E-state index contributed by atoms with van der Waals surface area (Å²) in [5.74, 6) is -9.56. The van der Waals surface area contributed by atoms with Gasteiger partial charge >= 0.3 is 18.0 Å². The van der Waals surface area contributed by atoms with Crippen LogP contribution in [0, 0.1) is 34.3 Å². The van der Waals surface area contributed by atoms with Crippen LogP contribution in [0.1, 0.15) is 51.2 Å². The minimum atomic E-state index is -5.00. The number of carbonyl (C=O) groups is 2. The van der Waals surface area contributed by atoms with Gasteiger partial charge in [-0.15, -0.1) is 0 Å². The number of halogens is 7. The molecule has 1 aliphatic rings. The van der Waals surface area contributed by atoms with Gasteiger partial charge < -0.3 is 5.11 Å². The van der Waals surface area contributed by atoms with Gasteiger partial charge in [-0.3, -0.25) is 4.79 Å². The Morgan fingerprint density at radius 1 is 1.20 bits per heavy atom. The summed E-state index contributed by atoms with van der Waals surface area (Å²) < 4.78 is 75.8. The van der Waals surface area contributed by atoms with Crippen LogP contribution >= 0.6 is 23.2 Å². The number of benzene rings is 2. The standard InChI is InChI=1S/C27H25Cl2F5N2O4/c1-13(2)25(3,4)11-19-26(12-35,16-9-8-14(28)10-18(16)30)20(15-6-5-7-17(29)21(15)31)22(23(37)38)36(19)27(32,33)24(39)40-34/h5-10,13,19-20,22H,11H2,1-4H3,(H,37,38)/t19-,20-,22+,26-/m0/s1. The van der Waals surface area contributed by atoms with Crippen molar-refractivity contribution in [2.75, 3.05) is 0 Å². The molecule has 0 radical (unpaired) electrons. The van der Waals surface area contributed by atoms with Gasteiger partial charge in [-0.2, -0.15) is 14.0 Å². The third kappa shape index (κ3) is 5.01. The quantitative estimate of drug-likeness (QED) is 0.256. The zero-order valence-corrected chi connectivity index (χ0v) is 23.2. The molecule has 6 nitrogen and oxygen atoms in total. The fourth-order valence-electron chi connectivity index (χ4n) is 5.36. The lowest BCUT2D eigenvalue weighted by Crippen LogP contribution is -2.59. The summed E-state index contributed by atoms with van der Waals surface area (Å²) in [4.78, 5) is 27.5. The Kier molecular flexibility index (Phi) is 8.80. The van der Waals surface area contributed by atoms with Crippen LogP contribution in [-0.4, -0.2) is 40.1 Å². The highest BCUT2D eigenvalue weighted by atomic mass is 35.5. The lowest BCUT2D eigenvalue weighted by atomic mass is 9.61. The monoisotopic (exact) mass is 606 g/mol. The number of hydrogen-bond donors (Lipinski definition) is 1. The molecule has 1 N–H and O–H groups in total. The first-order valence-corrected chi connectivity index (χ1v) is 12.8. The van der Waals surface area contributed by atoms with Crippen LogP contribution in [0.5, 0.6) is 0 Å². The van der Waals surface area contributed by atoms with Crippen molar-refractivity contribution >= 4 is 35.1 Å². The van der Waals surface area contributed by atoms with Gasteiger partial charge in [0.2, 0.25) is 0 Å². The van der Waals surface area contributed by atoms with Crippen molar-refractivity contribution < 1.29 is 41.7 Å². The molecule has 0 aliphatic carbocycles. The first-order valence-electron chi connectivity index (χ1n) is 12.0. The molecule has 1 saturated heterocycles. The van der Waals surface area contributed by atoms with E-state index in [1.165, 1.54) is 6.07 Å². The van der Waals surface area contributed by atoms with Crippen molar-refractivity contribution in [3.05, 3.63) is 69.2 Å². The number of aliphatic carboxylic acids is 1. The first kappa shape index (κ1) is 31.6. The van der Waals surface area contributed by atoms with E-state index < -0.39 is 81.0 Å². The van der Waals surface area contributed by atoms with Gasteiger partial charge in [0, 0.05) is 27.1 Å². The lowest BCUT2D eigenvalue weighted by Gasteiger charge is -2.42. The van der Waals surface area contributed by atoms with E-state index in [2.05, 4.69) is 4.94 Å². The predicted molar refractivity (Wildman–Crippen MR) is 135 cm³/mol. The van der Waals surface area contributed by atoms with Crippen molar-refractivity contribution in [1.82, 2.24) is 4.90 Å². The number of likely N-dealkylation sites (tertiary alicyclic amines) is 1. The van der Waals surface area contributed by atoms with E-state index in [9.17, 15) is 24.5 Å². The zero-order chi connectivity index (χ0) is 30.4. The van der Waals surface area contributed by atoms with Crippen LogP contribution in [-0.2, 0) is 19.9 Å². The molecule has 2 aromatic carbocycles. The predicted octanol–water partition coefficient (Wildman–Crippen LogP) is 7.05. The van der Waals surface area contributed by atoms with Crippen molar-refractivity contribution in [3.63, 3.8) is 0 Å². The highest BCUT2D eigenvalue weighted by Crippen LogP contribution is 2.59. The number of nitrogens with zero attached hydrogens (tertiary/aromatic N) is 2. The summed E-state index contributed by atoms with van der Waals surface area (Å²) in [6.45, 7) is 6.72. The molecule has 0 amide bonds. The summed E-state index contributed by atoms with van der Waals surface area (Å²) >= 11 is 11.9. The smallest absolute Gasteiger partial charge is 0.434 e. The van der Waals surface area contributed by atoms with Gasteiger partial charge in [-0.1, -0.05) is 69.1 Å². The van der Waals surface area contributed by atoms with Gasteiger partial charge in [-0.25, -0.2) is 23.4 Å². The maximum Gasteiger partial charge on any atom is 0.434 e. The van der Waals surface area contributed by atoms with Gasteiger partial charge in [0.25, 0.3) is 0 Å². The van der Waals surface area contributed by atoms with E-state index in [0.717, 1.165) is 30.3 Å². The topological polar surface area (TPSA) is 90.6 Å². The van der Waals surface area contributed by atoms with E-state index in [1.54, 1.807) is 27.7 Å². The van der Waals surface area contributed by atoms with Crippen LogP contribution in [0.2, 0.25) is 10.0 Å². The Balaban J connectivity index is 2.60. The Bertz CT molecular complexity index is 1370. The number of carboxylic acids is 1. The van der Waals surface area contributed by atoms with Gasteiger partial charge in [0.1, 0.15) is 23.1 Å². The summed E-state index contributed by atoms with van der Waals surface area (Å²) in [6, 6.07) is -1.45. The van der Waals surface area contributed by atoms with Gasteiger partial charge in [0.05, 0.1) is 11.1 Å². The van der Waals surface area contributed by atoms with Crippen LogP contribution < -0.4 is 0 Å². The molecular formula is C27H25Cl2F5N2O4. The minimum Gasteiger partial charge on any atom is -0.480 e. The molecule has 2 aromatic rings. The SMILES string of the molecule is CC(C)C(C)(C)C[C@@H]1N(C(F)(F)C(=O)OF)[C@@H](C(=O)O)[C@H](c2cccc(Cl)c2F)[C@@]1(C#N)c1ccc(Cl)cc1F. The second-order valence-electron chi connectivity index (χ2n) is 10.7. The molecule has 4 atom stereocenters. The third-order valence-electron chi connectivity index (χ3n) is 8.02. The van der Waals surface area contributed by atoms with E-state index in [-0.39, 0.29) is 15.8 Å². The van der Waals surface area contributed by atoms with Crippen molar-refractivity contribution in [1.29, 1.82) is 5.26 Å². The second kappa shape index (κ2) is 11.1. The van der Waals surface area contributed by atoms with Gasteiger partial charge in [-0.05, 0) is 41.5 Å². The highest BCUT2D eigenvalue weighted by Gasteiger charge is 2.72. The molecule has 3 rings (SSSR count). The lowest BCUT2D eigenvalue weighted by molar-refractivity contribution is -0.245. The Labute approximate surface area is 237 Å². The summed E-state index contributed by atoms with van der Waals surface area (Å²) in [7, 11) is 0. The average Bonchev–Trinajstić information content (AvgIpc) is 3.15. The molecule has 1 heterocycles.